The Morgan fingerprint density at radius 3 is 2.88 bits per heavy atom. The maximum atomic E-state index is 13.7. The third kappa shape index (κ3) is 2.51. The zero-order valence-electron chi connectivity index (χ0n) is 13.7. The fourth-order valence-corrected chi connectivity index (χ4v) is 5.81. The van der Waals surface area contributed by atoms with E-state index in [0.29, 0.717) is 10.9 Å². The smallest absolute Gasteiger partial charge is 0.161 e. The van der Waals surface area contributed by atoms with E-state index < -0.39 is 0 Å². The summed E-state index contributed by atoms with van der Waals surface area (Å²) in [6.45, 7) is 4.36. The summed E-state index contributed by atoms with van der Waals surface area (Å²) in [6, 6.07) is 5.15. The minimum atomic E-state index is -0.271. The lowest BCUT2D eigenvalue weighted by Crippen LogP contribution is -2.37. The zero-order chi connectivity index (χ0) is 17.1. The van der Waals surface area contributed by atoms with Crippen molar-refractivity contribution in [3.63, 3.8) is 0 Å². The molecule has 1 saturated heterocycles. The topological polar surface area (TPSA) is 29.4 Å². The quantitative estimate of drug-likeness (QED) is 0.633. The van der Waals surface area contributed by atoms with E-state index in [0.717, 1.165) is 35.4 Å². The van der Waals surface area contributed by atoms with Crippen LogP contribution in [-0.4, -0.2) is 22.5 Å². The molecule has 0 amide bonds. The van der Waals surface area contributed by atoms with Gasteiger partial charge in [0.15, 0.2) is 5.78 Å². The Labute approximate surface area is 154 Å². The summed E-state index contributed by atoms with van der Waals surface area (Å²) in [6.07, 6.45) is 2.40. The molecule has 1 fully saturated rings. The first kappa shape index (κ1) is 16.5. The Hall–Kier alpha value is -0.940. The second-order valence-corrected chi connectivity index (χ2v) is 9.47. The number of carbonyl (C=O) groups excluding carboxylic acids is 1. The molecule has 1 aromatic rings. The van der Waals surface area contributed by atoms with Gasteiger partial charge in [-0.25, -0.2) is 4.39 Å². The number of carbonyl (C=O) groups is 1. The molecule has 1 aliphatic carbocycles. The number of hydrogen-bond acceptors (Lipinski definition) is 3. The summed E-state index contributed by atoms with van der Waals surface area (Å²) in [5, 5.41) is 0.207. The van der Waals surface area contributed by atoms with E-state index in [4.69, 9.17) is 4.99 Å². The van der Waals surface area contributed by atoms with Crippen LogP contribution in [-0.2, 0) is 4.79 Å². The van der Waals surface area contributed by atoms with Crippen molar-refractivity contribution < 1.29 is 9.18 Å². The molecule has 24 heavy (non-hydrogen) atoms. The predicted octanol–water partition coefficient (Wildman–Crippen LogP) is 5.28. The van der Waals surface area contributed by atoms with E-state index in [1.807, 2.05) is 23.9 Å². The molecule has 126 valence electrons. The van der Waals surface area contributed by atoms with Gasteiger partial charge in [0.2, 0.25) is 0 Å². The van der Waals surface area contributed by atoms with Gasteiger partial charge in [-0.3, -0.25) is 9.79 Å². The van der Waals surface area contributed by atoms with Crippen LogP contribution in [0.4, 0.5) is 4.39 Å². The molecule has 0 saturated carbocycles. The van der Waals surface area contributed by atoms with Crippen LogP contribution in [0, 0.1) is 11.2 Å². The van der Waals surface area contributed by atoms with Crippen LogP contribution in [0.15, 0.2) is 38.9 Å². The fourth-order valence-electron chi connectivity index (χ4n) is 3.99. The number of nitrogens with zero attached hydrogens (tertiary/aromatic N) is 1. The highest BCUT2D eigenvalue weighted by molar-refractivity contribution is 9.10. The normalized spacial score (nSPS) is 28.5. The van der Waals surface area contributed by atoms with Crippen molar-refractivity contribution in [2.24, 2.45) is 10.4 Å². The summed E-state index contributed by atoms with van der Waals surface area (Å²) >= 11 is 5.17. The van der Waals surface area contributed by atoms with Gasteiger partial charge in [0.1, 0.15) is 5.82 Å². The van der Waals surface area contributed by atoms with Crippen molar-refractivity contribution in [1.29, 1.82) is 0 Å². The van der Waals surface area contributed by atoms with Gasteiger partial charge in [-0.15, -0.1) is 0 Å². The van der Waals surface area contributed by atoms with Crippen molar-refractivity contribution in [3.05, 3.63) is 45.3 Å². The molecule has 2 aliphatic heterocycles. The molecule has 0 spiro atoms. The monoisotopic (exact) mass is 407 g/mol. The second-order valence-electron chi connectivity index (χ2n) is 7.37. The number of Topliss-reactive ketones (excluding diaryl/α,β-unsaturated/α-hetero) is 1. The lowest BCUT2D eigenvalue weighted by Gasteiger charge is -2.40. The maximum absolute atomic E-state index is 13.7. The van der Waals surface area contributed by atoms with E-state index in [2.05, 4.69) is 29.8 Å². The zero-order valence-corrected chi connectivity index (χ0v) is 16.1. The molecule has 5 heteroatoms. The second kappa shape index (κ2) is 5.80. The molecule has 0 bridgehead atoms. The van der Waals surface area contributed by atoms with Gasteiger partial charge < -0.3 is 0 Å². The molecule has 0 aromatic heterocycles. The van der Waals surface area contributed by atoms with E-state index >= 15 is 0 Å². The highest BCUT2D eigenvalue weighted by Gasteiger charge is 2.46. The lowest BCUT2D eigenvalue weighted by molar-refractivity contribution is -0.117. The Bertz CT molecular complexity index is 799. The van der Waals surface area contributed by atoms with Crippen LogP contribution < -0.4 is 0 Å². The van der Waals surface area contributed by atoms with E-state index in [1.165, 1.54) is 11.8 Å². The van der Waals surface area contributed by atoms with E-state index in [1.54, 1.807) is 0 Å². The van der Waals surface area contributed by atoms with Gasteiger partial charge in [0, 0.05) is 29.0 Å². The van der Waals surface area contributed by atoms with Crippen LogP contribution in [0.3, 0.4) is 0 Å². The molecule has 2 atom stereocenters. The van der Waals surface area contributed by atoms with Crippen LogP contribution in [0.2, 0.25) is 0 Å². The summed E-state index contributed by atoms with van der Waals surface area (Å²) in [5.74, 6) is 0.971. The average Bonchev–Trinajstić information content (AvgIpc) is 3.01. The van der Waals surface area contributed by atoms with Crippen LogP contribution in [0.5, 0.6) is 0 Å². The standard InChI is InChI=1S/C19H19BrFNOS/c1-19(2)7-5-14(23)16-15(10-3-4-12(21)11(20)9-10)17-13(6-8-24-17)22-18(16)19/h3-4,9,15,17H,5-8H2,1-2H3. The van der Waals surface area contributed by atoms with E-state index in [-0.39, 0.29) is 28.2 Å². The molecular weight excluding hydrogens is 389 g/mol. The Kier molecular flexibility index (Phi) is 4.00. The number of aliphatic imine (C=N–C) groups is 1. The minimum absolute atomic E-state index is 0.0102. The first-order valence-corrected chi connectivity index (χ1v) is 10.1. The summed E-state index contributed by atoms with van der Waals surface area (Å²) in [7, 11) is 0. The van der Waals surface area contributed by atoms with Crippen LogP contribution in [0.25, 0.3) is 0 Å². The van der Waals surface area contributed by atoms with Gasteiger partial charge in [-0.2, -0.15) is 11.8 Å². The van der Waals surface area contributed by atoms with Gasteiger partial charge >= 0.3 is 0 Å². The molecule has 1 aromatic carbocycles. The maximum Gasteiger partial charge on any atom is 0.161 e. The summed E-state index contributed by atoms with van der Waals surface area (Å²) in [4.78, 5) is 17.8. The van der Waals surface area contributed by atoms with Crippen molar-refractivity contribution in [2.75, 3.05) is 5.75 Å². The number of fused-ring (bicyclic) bond motifs is 1. The number of benzene rings is 1. The third-order valence-corrected chi connectivity index (χ3v) is 7.28. The number of thioether (sulfide) groups is 1. The number of ketones is 1. The van der Waals surface area contributed by atoms with Crippen molar-refractivity contribution in [3.8, 4) is 0 Å². The minimum Gasteiger partial charge on any atom is -0.294 e. The highest BCUT2D eigenvalue weighted by Crippen LogP contribution is 2.52. The predicted molar refractivity (Wildman–Crippen MR) is 100 cm³/mol. The van der Waals surface area contributed by atoms with Crippen molar-refractivity contribution in [1.82, 2.24) is 0 Å². The molecular formula is C19H19BrFNOS. The van der Waals surface area contributed by atoms with Gasteiger partial charge in [-0.1, -0.05) is 19.9 Å². The number of allylic oxidation sites excluding steroid dienone is 2. The lowest BCUT2D eigenvalue weighted by atomic mass is 9.69. The molecule has 0 radical (unpaired) electrons. The molecule has 2 nitrogen and oxygen atoms in total. The molecule has 2 unspecified atom stereocenters. The van der Waals surface area contributed by atoms with Crippen molar-refractivity contribution >= 4 is 39.2 Å². The number of halogens is 2. The molecule has 0 N–H and O–H groups in total. The Morgan fingerprint density at radius 2 is 2.12 bits per heavy atom. The van der Waals surface area contributed by atoms with Crippen LogP contribution in [0.1, 0.15) is 44.6 Å². The summed E-state index contributed by atoms with van der Waals surface area (Å²) in [5.41, 5.74) is 3.97. The van der Waals surface area contributed by atoms with Crippen molar-refractivity contribution in [2.45, 2.75) is 44.3 Å². The van der Waals surface area contributed by atoms with Gasteiger partial charge in [0.25, 0.3) is 0 Å². The van der Waals surface area contributed by atoms with Gasteiger partial charge in [-0.05, 0) is 52.2 Å². The molecule has 4 rings (SSSR count). The fraction of sp³-hybridized carbons (Fsp3) is 0.474. The Balaban J connectivity index is 1.93. The molecule has 3 aliphatic rings. The van der Waals surface area contributed by atoms with Gasteiger partial charge in [0.05, 0.1) is 15.4 Å². The first-order valence-electron chi connectivity index (χ1n) is 8.30. The summed E-state index contributed by atoms with van der Waals surface area (Å²) < 4.78 is 14.2. The van der Waals surface area contributed by atoms with E-state index in [9.17, 15) is 9.18 Å². The molecule has 2 heterocycles. The largest absolute Gasteiger partial charge is 0.294 e. The SMILES string of the molecule is CC1(C)CCC(=O)C2=C1N=C1CCSC1C2c1ccc(F)c(Br)c1. The third-order valence-electron chi connectivity index (χ3n) is 5.33. The Morgan fingerprint density at radius 1 is 1.33 bits per heavy atom. The highest BCUT2D eigenvalue weighted by atomic mass is 79.9. The number of rotatable bonds is 1. The first-order chi connectivity index (χ1) is 11.4. The number of hydrogen-bond donors (Lipinski definition) is 0. The average molecular weight is 408 g/mol. The van der Waals surface area contributed by atoms with Crippen LogP contribution >= 0.6 is 27.7 Å².